The second-order valence-electron chi connectivity index (χ2n) is 2.65. The first-order chi connectivity index (χ1) is 6.24. The fourth-order valence-electron chi connectivity index (χ4n) is 0.811. The zero-order chi connectivity index (χ0) is 9.68. The first-order valence-electron chi connectivity index (χ1n) is 3.90. The van der Waals surface area contributed by atoms with Crippen molar-refractivity contribution in [2.45, 2.75) is 5.16 Å². The minimum atomic E-state index is 0.817. The lowest BCUT2D eigenvalue weighted by Gasteiger charge is -2.02. The van der Waals surface area contributed by atoms with Crippen LogP contribution in [0, 0.1) is 0 Å². The van der Waals surface area contributed by atoms with Crippen molar-refractivity contribution in [3.05, 3.63) is 12.2 Å². The van der Waals surface area contributed by atoms with Crippen LogP contribution in [-0.2, 0) is 7.05 Å². The van der Waals surface area contributed by atoms with E-state index in [2.05, 4.69) is 27.4 Å². The summed E-state index contributed by atoms with van der Waals surface area (Å²) < 4.78 is 1.65. The number of nitrogens with one attached hydrogen (secondary N) is 1. The van der Waals surface area contributed by atoms with Crippen LogP contribution >= 0.6 is 11.8 Å². The molecule has 72 valence electrons. The predicted molar refractivity (Wildman–Crippen MR) is 52.6 cm³/mol. The first kappa shape index (κ1) is 10.2. The number of nitrogens with zero attached hydrogens (tertiary/aromatic N) is 4. The SMILES string of the molecule is C=C(CNC)CSc1nnnn1C. The van der Waals surface area contributed by atoms with E-state index in [0.717, 1.165) is 23.0 Å². The second-order valence-corrected chi connectivity index (χ2v) is 3.60. The molecule has 6 heteroatoms. The van der Waals surface area contributed by atoms with E-state index in [1.807, 2.05) is 14.1 Å². The summed E-state index contributed by atoms with van der Waals surface area (Å²) in [6.07, 6.45) is 0. The molecule has 0 amide bonds. The van der Waals surface area contributed by atoms with E-state index in [9.17, 15) is 0 Å². The van der Waals surface area contributed by atoms with Gasteiger partial charge < -0.3 is 5.32 Å². The van der Waals surface area contributed by atoms with Crippen LogP contribution in [0.1, 0.15) is 0 Å². The maximum atomic E-state index is 3.91. The summed E-state index contributed by atoms with van der Waals surface area (Å²) >= 11 is 1.59. The maximum absolute atomic E-state index is 3.91. The number of aromatic nitrogens is 4. The van der Waals surface area contributed by atoms with Crippen molar-refractivity contribution in [2.24, 2.45) is 7.05 Å². The Kier molecular flexibility index (Phi) is 3.91. The summed E-state index contributed by atoms with van der Waals surface area (Å²) in [5.74, 6) is 0.842. The number of thioether (sulfide) groups is 1. The Bertz CT molecular complexity index is 282. The lowest BCUT2D eigenvalue weighted by Crippen LogP contribution is -2.11. The van der Waals surface area contributed by atoms with E-state index >= 15 is 0 Å². The zero-order valence-electron chi connectivity index (χ0n) is 7.82. The van der Waals surface area contributed by atoms with Crippen LogP contribution in [-0.4, -0.2) is 39.6 Å². The number of tetrazole rings is 1. The number of hydrogen-bond donors (Lipinski definition) is 1. The van der Waals surface area contributed by atoms with Gasteiger partial charge in [0.1, 0.15) is 0 Å². The fourth-order valence-corrected chi connectivity index (χ4v) is 1.56. The zero-order valence-corrected chi connectivity index (χ0v) is 8.63. The third-order valence-corrected chi connectivity index (χ3v) is 2.57. The molecule has 1 aromatic heterocycles. The number of rotatable bonds is 5. The average Bonchev–Trinajstić information content (AvgIpc) is 2.48. The van der Waals surface area contributed by atoms with Crippen molar-refractivity contribution >= 4 is 11.8 Å². The second kappa shape index (κ2) is 4.98. The van der Waals surface area contributed by atoms with Crippen molar-refractivity contribution in [3.8, 4) is 0 Å². The highest BCUT2D eigenvalue weighted by Crippen LogP contribution is 2.14. The molecule has 1 aromatic rings. The van der Waals surface area contributed by atoms with Gasteiger partial charge in [0.15, 0.2) is 0 Å². The Hall–Kier alpha value is -0.880. The average molecular weight is 199 g/mol. The van der Waals surface area contributed by atoms with Crippen LogP contribution in [0.4, 0.5) is 0 Å². The van der Waals surface area contributed by atoms with Crippen LogP contribution in [0.15, 0.2) is 17.3 Å². The Morgan fingerprint density at radius 2 is 2.46 bits per heavy atom. The van der Waals surface area contributed by atoms with Gasteiger partial charge in [-0.3, -0.25) is 0 Å². The van der Waals surface area contributed by atoms with Crippen LogP contribution in [0.2, 0.25) is 0 Å². The van der Waals surface area contributed by atoms with Gasteiger partial charge in [-0.15, -0.1) is 5.10 Å². The smallest absolute Gasteiger partial charge is 0.209 e. The molecule has 0 atom stereocenters. The molecule has 5 nitrogen and oxygen atoms in total. The van der Waals surface area contributed by atoms with Crippen LogP contribution in [0.25, 0.3) is 0 Å². The number of hydrogen-bond acceptors (Lipinski definition) is 5. The van der Waals surface area contributed by atoms with E-state index < -0.39 is 0 Å². The fraction of sp³-hybridized carbons (Fsp3) is 0.571. The van der Waals surface area contributed by atoms with Gasteiger partial charge in [0, 0.05) is 19.3 Å². The molecule has 0 aliphatic rings. The molecule has 0 bridgehead atoms. The molecule has 1 N–H and O–H groups in total. The number of likely N-dealkylation sites (N-methyl/N-ethyl adjacent to an activating group) is 1. The van der Waals surface area contributed by atoms with Gasteiger partial charge in [0.05, 0.1) is 0 Å². The quantitative estimate of drug-likeness (QED) is 0.537. The molecule has 0 saturated heterocycles. The first-order valence-corrected chi connectivity index (χ1v) is 4.89. The van der Waals surface area contributed by atoms with Crippen molar-refractivity contribution < 1.29 is 0 Å². The molecule has 13 heavy (non-hydrogen) atoms. The van der Waals surface area contributed by atoms with E-state index in [1.165, 1.54) is 0 Å². The monoisotopic (exact) mass is 199 g/mol. The van der Waals surface area contributed by atoms with E-state index in [4.69, 9.17) is 0 Å². The molecule has 0 aliphatic heterocycles. The topological polar surface area (TPSA) is 55.6 Å². The van der Waals surface area contributed by atoms with Crippen LogP contribution in [0.3, 0.4) is 0 Å². The van der Waals surface area contributed by atoms with Gasteiger partial charge in [0.25, 0.3) is 0 Å². The van der Waals surface area contributed by atoms with E-state index in [-0.39, 0.29) is 0 Å². The Balaban J connectivity index is 2.35. The van der Waals surface area contributed by atoms with Gasteiger partial charge in [-0.2, -0.15) is 0 Å². The van der Waals surface area contributed by atoms with Gasteiger partial charge in [-0.1, -0.05) is 23.9 Å². The highest BCUT2D eigenvalue weighted by molar-refractivity contribution is 7.99. The standard InChI is InChI=1S/C7H13N5S/c1-6(4-8-2)5-13-7-9-10-11-12(7)3/h8H,1,4-5H2,2-3H3. The molecule has 0 saturated carbocycles. The summed E-state index contributed by atoms with van der Waals surface area (Å²) in [4.78, 5) is 0. The summed E-state index contributed by atoms with van der Waals surface area (Å²) in [6.45, 7) is 4.74. The molecular formula is C7H13N5S. The molecule has 0 fully saturated rings. The maximum Gasteiger partial charge on any atom is 0.209 e. The lowest BCUT2D eigenvalue weighted by atomic mass is 10.3. The third kappa shape index (κ3) is 3.16. The lowest BCUT2D eigenvalue weighted by molar-refractivity contribution is 0.665. The summed E-state index contributed by atoms with van der Waals surface area (Å²) in [5, 5.41) is 15.0. The summed E-state index contributed by atoms with van der Waals surface area (Å²) in [7, 11) is 3.73. The molecular weight excluding hydrogens is 186 g/mol. The van der Waals surface area contributed by atoms with Crippen LogP contribution in [0.5, 0.6) is 0 Å². The van der Waals surface area contributed by atoms with Gasteiger partial charge in [0.2, 0.25) is 5.16 Å². The van der Waals surface area contributed by atoms with Crippen molar-refractivity contribution in [1.29, 1.82) is 0 Å². The summed E-state index contributed by atoms with van der Waals surface area (Å²) in [6, 6.07) is 0. The van der Waals surface area contributed by atoms with E-state index in [1.54, 1.807) is 16.4 Å². The van der Waals surface area contributed by atoms with E-state index in [0.29, 0.717) is 0 Å². The Labute approximate surface area is 81.6 Å². The normalized spacial score (nSPS) is 10.3. The van der Waals surface area contributed by atoms with Crippen molar-refractivity contribution in [2.75, 3.05) is 19.3 Å². The Morgan fingerprint density at radius 3 is 3.00 bits per heavy atom. The Morgan fingerprint density at radius 1 is 1.69 bits per heavy atom. The minimum Gasteiger partial charge on any atom is -0.316 e. The molecule has 1 heterocycles. The van der Waals surface area contributed by atoms with Gasteiger partial charge >= 0.3 is 0 Å². The predicted octanol–water partition coefficient (Wildman–Crippen LogP) is 0.0778. The third-order valence-electron chi connectivity index (χ3n) is 1.41. The minimum absolute atomic E-state index is 0.817. The molecule has 1 rings (SSSR count). The van der Waals surface area contributed by atoms with Crippen molar-refractivity contribution in [3.63, 3.8) is 0 Å². The molecule has 0 aliphatic carbocycles. The highest BCUT2D eigenvalue weighted by atomic mass is 32.2. The molecule has 0 unspecified atom stereocenters. The van der Waals surface area contributed by atoms with Crippen LogP contribution < -0.4 is 5.32 Å². The number of aryl methyl sites for hydroxylation is 1. The molecule has 0 spiro atoms. The molecule has 0 aromatic carbocycles. The summed E-state index contributed by atoms with van der Waals surface area (Å²) in [5.41, 5.74) is 1.13. The van der Waals surface area contributed by atoms with Gasteiger partial charge in [-0.05, 0) is 17.5 Å². The largest absolute Gasteiger partial charge is 0.316 e. The van der Waals surface area contributed by atoms with Gasteiger partial charge in [-0.25, -0.2) is 4.68 Å². The van der Waals surface area contributed by atoms with Crippen molar-refractivity contribution in [1.82, 2.24) is 25.5 Å². The highest BCUT2D eigenvalue weighted by Gasteiger charge is 2.02. The molecule has 0 radical (unpaired) electrons.